The van der Waals surface area contributed by atoms with Gasteiger partial charge in [0, 0.05) is 23.0 Å². The van der Waals surface area contributed by atoms with Crippen LogP contribution in [0.3, 0.4) is 0 Å². The second-order valence-electron chi connectivity index (χ2n) is 4.62. The van der Waals surface area contributed by atoms with Crippen molar-refractivity contribution in [1.29, 1.82) is 0 Å². The van der Waals surface area contributed by atoms with Crippen LogP contribution >= 0.6 is 11.6 Å². The Hall–Kier alpha value is -1.55. The molecule has 0 heterocycles. The minimum absolute atomic E-state index is 0.0630. The molecule has 1 amide bonds. The molecule has 0 saturated heterocycles. The van der Waals surface area contributed by atoms with Gasteiger partial charge in [-0.2, -0.15) is 0 Å². The summed E-state index contributed by atoms with van der Waals surface area (Å²) in [7, 11) is 0. The number of nitrogens with one attached hydrogen (secondary N) is 1. The minimum atomic E-state index is -0.816. The average molecular weight is 284 g/mol. The van der Waals surface area contributed by atoms with Gasteiger partial charge in [-0.05, 0) is 44.4 Å². The normalized spacial score (nSPS) is 11.9. The fourth-order valence-corrected chi connectivity index (χ4v) is 1.85. The number of carbonyl (C=O) groups excluding carboxylic acids is 1. The van der Waals surface area contributed by atoms with Crippen LogP contribution in [0.4, 0.5) is 0 Å². The smallest absolute Gasteiger partial charge is 0.303 e. The maximum Gasteiger partial charge on any atom is 0.303 e. The highest BCUT2D eigenvalue weighted by Gasteiger charge is 2.11. The van der Waals surface area contributed by atoms with Crippen LogP contribution in [0.1, 0.15) is 42.1 Å². The third kappa shape index (κ3) is 5.30. The number of amides is 1. The van der Waals surface area contributed by atoms with Crippen molar-refractivity contribution >= 4 is 23.5 Å². The van der Waals surface area contributed by atoms with E-state index in [1.165, 1.54) is 0 Å². The molecule has 5 heteroatoms. The van der Waals surface area contributed by atoms with Crippen LogP contribution in [0.15, 0.2) is 18.2 Å². The van der Waals surface area contributed by atoms with E-state index in [1.54, 1.807) is 18.2 Å². The van der Waals surface area contributed by atoms with Gasteiger partial charge in [-0.25, -0.2) is 0 Å². The van der Waals surface area contributed by atoms with Crippen molar-refractivity contribution in [3.63, 3.8) is 0 Å². The molecule has 0 aliphatic rings. The lowest BCUT2D eigenvalue weighted by Crippen LogP contribution is -2.32. The Kier molecular flexibility index (Phi) is 5.83. The molecule has 1 aromatic carbocycles. The summed E-state index contributed by atoms with van der Waals surface area (Å²) in [5.74, 6) is -1.01. The number of hydrogen-bond acceptors (Lipinski definition) is 2. The molecule has 19 heavy (non-hydrogen) atoms. The second kappa shape index (κ2) is 7.14. The van der Waals surface area contributed by atoms with Crippen molar-refractivity contribution in [2.45, 2.75) is 39.2 Å². The predicted octanol–water partition coefficient (Wildman–Crippen LogP) is 3.02. The van der Waals surface area contributed by atoms with Crippen LogP contribution in [-0.4, -0.2) is 23.0 Å². The molecule has 0 aliphatic carbocycles. The highest BCUT2D eigenvalue weighted by molar-refractivity contribution is 6.31. The summed E-state index contributed by atoms with van der Waals surface area (Å²) < 4.78 is 0. The van der Waals surface area contributed by atoms with E-state index < -0.39 is 5.97 Å². The lowest BCUT2D eigenvalue weighted by Gasteiger charge is -2.13. The molecule has 2 N–H and O–H groups in total. The van der Waals surface area contributed by atoms with Crippen LogP contribution in [0.2, 0.25) is 5.02 Å². The summed E-state index contributed by atoms with van der Waals surface area (Å²) in [4.78, 5) is 22.3. The zero-order valence-corrected chi connectivity index (χ0v) is 11.8. The molecular formula is C14H18ClNO3. The van der Waals surface area contributed by atoms with E-state index in [0.29, 0.717) is 23.4 Å². The molecule has 0 radical (unpaired) electrons. The first-order valence-corrected chi connectivity index (χ1v) is 6.56. The largest absolute Gasteiger partial charge is 0.481 e. The van der Waals surface area contributed by atoms with E-state index in [1.807, 2.05) is 13.8 Å². The van der Waals surface area contributed by atoms with Crippen LogP contribution < -0.4 is 5.32 Å². The average Bonchev–Trinajstić information content (AvgIpc) is 2.32. The number of aliphatic carboxylic acids is 1. The van der Waals surface area contributed by atoms with Crippen LogP contribution in [0.25, 0.3) is 0 Å². The summed E-state index contributed by atoms with van der Waals surface area (Å²) in [6, 6.07) is 5.09. The molecule has 0 spiro atoms. The Morgan fingerprint density at radius 1 is 1.42 bits per heavy atom. The van der Waals surface area contributed by atoms with Crippen LogP contribution in [0, 0.1) is 6.92 Å². The molecule has 0 bridgehead atoms. The lowest BCUT2D eigenvalue weighted by molar-refractivity contribution is -0.137. The fraction of sp³-hybridized carbons (Fsp3) is 0.429. The summed E-state index contributed by atoms with van der Waals surface area (Å²) in [5.41, 5.74) is 1.44. The maximum absolute atomic E-state index is 11.9. The van der Waals surface area contributed by atoms with E-state index in [0.717, 1.165) is 5.56 Å². The molecule has 0 fully saturated rings. The summed E-state index contributed by atoms with van der Waals surface area (Å²) >= 11 is 5.97. The SMILES string of the molecule is Cc1ccc(C(=O)NC(C)CCCC(=O)O)cc1Cl. The van der Waals surface area contributed by atoms with Crippen molar-refractivity contribution in [1.82, 2.24) is 5.32 Å². The van der Waals surface area contributed by atoms with Crippen molar-refractivity contribution in [3.8, 4) is 0 Å². The topological polar surface area (TPSA) is 66.4 Å². The van der Waals surface area contributed by atoms with Crippen molar-refractivity contribution in [3.05, 3.63) is 34.3 Å². The number of hydrogen-bond donors (Lipinski definition) is 2. The number of benzene rings is 1. The van der Waals surface area contributed by atoms with Gasteiger partial charge in [0.15, 0.2) is 0 Å². The summed E-state index contributed by atoms with van der Waals surface area (Å²) in [5, 5.41) is 11.9. The summed E-state index contributed by atoms with van der Waals surface area (Å²) in [6.45, 7) is 3.73. The number of carbonyl (C=O) groups is 2. The molecule has 1 aromatic rings. The number of aryl methyl sites for hydroxylation is 1. The van der Waals surface area contributed by atoms with E-state index in [9.17, 15) is 9.59 Å². The highest BCUT2D eigenvalue weighted by Crippen LogP contribution is 2.16. The van der Waals surface area contributed by atoms with Crippen LogP contribution in [-0.2, 0) is 4.79 Å². The standard InChI is InChI=1S/C14H18ClNO3/c1-9-6-7-11(8-12(9)15)14(19)16-10(2)4-3-5-13(17)18/h6-8,10H,3-5H2,1-2H3,(H,16,19)(H,17,18). The first-order chi connectivity index (χ1) is 8.90. The van der Waals surface area contributed by atoms with Gasteiger partial charge in [0.2, 0.25) is 0 Å². The molecule has 0 aromatic heterocycles. The monoisotopic (exact) mass is 283 g/mol. The van der Waals surface area contributed by atoms with E-state index in [-0.39, 0.29) is 18.4 Å². The molecule has 0 saturated carbocycles. The molecule has 1 unspecified atom stereocenters. The quantitative estimate of drug-likeness (QED) is 0.843. The van der Waals surface area contributed by atoms with Crippen molar-refractivity contribution in [2.24, 2.45) is 0 Å². The lowest BCUT2D eigenvalue weighted by atomic mass is 10.1. The zero-order valence-electron chi connectivity index (χ0n) is 11.1. The van der Waals surface area contributed by atoms with Gasteiger partial charge in [0.25, 0.3) is 5.91 Å². The zero-order chi connectivity index (χ0) is 14.4. The third-order valence-electron chi connectivity index (χ3n) is 2.84. The Labute approximate surface area is 117 Å². The fourth-order valence-electron chi connectivity index (χ4n) is 1.67. The molecule has 104 valence electrons. The predicted molar refractivity (Wildman–Crippen MR) is 74.6 cm³/mol. The van der Waals surface area contributed by atoms with Crippen LogP contribution in [0.5, 0.6) is 0 Å². The number of rotatable bonds is 6. The van der Waals surface area contributed by atoms with Gasteiger partial charge < -0.3 is 10.4 Å². The Morgan fingerprint density at radius 3 is 2.68 bits per heavy atom. The Morgan fingerprint density at radius 2 is 2.11 bits per heavy atom. The molecule has 1 atom stereocenters. The molecule has 4 nitrogen and oxygen atoms in total. The van der Waals surface area contributed by atoms with E-state index in [2.05, 4.69) is 5.32 Å². The van der Waals surface area contributed by atoms with Gasteiger partial charge >= 0.3 is 5.97 Å². The maximum atomic E-state index is 11.9. The van der Waals surface area contributed by atoms with Gasteiger partial charge in [0.1, 0.15) is 0 Å². The minimum Gasteiger partial charge on any atom is -0.481 e. The van der Waals surface area contributed by atoms with Crippen molar-refractivity contribution in [2.75, 3.05) is 0 Å². The second-order valence-corrected chi connectivity index (χ2v) is 5.03. The van der Waals surface area contributed by atoms with Crippen molar-refractivity contribution < 1.29 is 14.7 Å². The van der Waals surface area contributed by atoms with E-state index >= 15 is 0 Å². The molecule has 0 aliphatic heterocycles. The summed E-state index contributed by atoms with van der Waals surface area (Å²) in [6.07, 6.45) is 1.31. The first-order valence-electron chi connectivity index (χ1n) is 6.19. The third-order valence-corrected chi connectivity index (χ3v) is 3.25. The Balaban J connectivity index is 2.49. The van der Waals surface area contributed by atoms with Gasteiger partial charge in [0.05, 0.1) is 0 Å². The number of halogens is 1. The number of carboxylic acid groups (broad SMARTS) is 1. The highest BCUT2D eigenvalue weighted by atomic mass is 35.5. The molecule has 1 rings (SSSR count). The molecular weight excluding hydrogens is 266 g/mol. The van der Waals surface area contributed by atoms with Gasteiger partial charge in [-0.1, -0.05) is 17.7 Å². The number of carboxylic acids is 1. The van der Waals surface area contributed by atoms with Gasteiger partial charge in [-0.3, -0.25) is 9.59 Å². The Bertz CT molecular complexity index is 474. The van der Waals surface area contributed by atoms with E-state index in [4.69, 9.17) is 16.7 Å². The van der Waals surface area contributed by atoms with Gasteiger partial charge in [-0.15, -0.1) is 0 Å². The first kappa shape index (κ1) is 15.5.